The monoisotopic (exact) mass is 343 g/mol. The van der Waals surface area contributed by atoms with Crippen LogP contribution in [0.1, 0.15) is 18.4 Å². The Hall–Kier alpha value is -2.08. The number of pyridine rings is 1. The van der Waals surface area contributed by atoms with Crippen LogP contribution in [0.2, 0.25) is 0 Å². The number of rotatable bonds is 4. The number of nitrogens with zero attached hydrogens (tertiary/aromatic N) is 4. The first-order valence-corrected chi connectivity index (χ1v) is 9.36. The summed E-state index contributed by atoms with van der Waals surface area (Å²) in [6.07, 6.45) is 1.86. The summed E-state index contributed by atoms with van der Waals surface area (Å²) in [5.74, 6) is 2.55. The second kappa shape index (κ2) is 8.15. The zero-order valence-electron chi connectivity index (χ0n) is 14.4. The van der Waals surface area contributed by atoms with Crippen molar-refractivity contribution < 1.29 is 0 Å². The second-order valence-electron chi connectivity index (χ2n) is 6.05. The van der Waals surface area contributed by atoms with Crippen molar-refractivity contribution >= 4 is 23.1 Å². The van der Waals surface area contributed by atoms with E-state index in [1.165, 1.54) is 5.56 Å². The van der Waals surface area contributed by atoms with Gasteiger partial charge in [-0.15, -0.1) is 0 Å². The summed E-state index contributed by atoms with van der Waals surface area (Å²) in [7, 11) is 1.86. The molecule has 0 bridgehead atoms. The van der Waals surface area contributed by atoms with Gasteiger partial charge in [0.25, 0.3) is 0 Å². The second-order valence-corrected chi connectivity index (χ2v) is 6.83. The standard InChI is InChI=1S/C18H25N5S/c1-15(16-6-12-24-14-16)13-21-18(19-2)23-10-8-22(9-11-23)17-5-3-4-7-20-17/h3-7,12,14-15H,8-11,13H2,1-2H3,(H,19,21). The number of aromatic nitrogens is 1. The fourth-order valence-corrected chi connectivity index (χ4v) is 3.72. The number of nitrogens with one attached hydrogen (secondary N) is 1. The lowest BCUT2D eigenvalue weighted by molar-refractivity contribution is 0.370. The van der Waals surface area contributed by atoms with Gasteiger partial charge in [0, 0.05) is 46.0 Å². The minimum absolute atomic E-state index is 0.489. The molecule has 2 aromatic rings. The number of thiophene rings is 1. The maximum atomic E-state index is 4.46. The molecular formula is C18H25N5S. The van der Waals surface area contributed by atoms with E-state index in [9.17, 15) is 0 Å². The first kappa shape index (κ1) is 16.8. The highest BCUT2D eigenvalue weighted by molar-refractivity contribution is 7.07. The van der Waals surface area contributed by atoms with Gasteiger partial charge in [0.2, 0.25) is 0 Å². The first-order valence-electron chi connectivity index (χ1n) is 8.41. The van der Waals surface area contributed by atoms with Crippen molar-refractivity contribution in [1.29, 1.82) is 0 Å². The van der Waals surface area contributed by atoms with Gasteiger partial charge in [-0.3, -0.25) is 4.99 Å². The van der Waals surface area contributed by atoms with Crippen LogP contribution in [0.5, 0.6) is 0 Å². The molecule has 0 amide bonds. The summed E-state index contributed by atoms with van der Waals surface area (Å²) in [5, 5.41) is 7.89. The SMILES string of the molecule is CN=C(NCC(C)c1ccsc1)N1CCN(c2ccccn2)CC1. The molecule has 3 rings (SSSR count). The molecule has 0 spiro atoms. The molecule has 0 aromatic carbocycles. The molecule has 1 atom stereocenters. The number of piperazine rings is 1. The third-order valence-corrected chi connectivity index (χ3v) is 5.14. The number of anilines is 1. The molecule has 1 fully saturated rings. The van der Waals surface area contributed by atoms with Crippen LogP contribution in [0, 0.1) is 0 Å². The van der Waals surface area contributed by atoms with E-state index in [-0.39, 0.29) is 0 Å². The predicted molar refractivity (Wildman–Crippen MR) is 102 cm³/mol. The van der Waals surface area contributed by atoms with Crippen LogP contribution in [0.25, 0.3) is 0 Å². The van der Waals surface area contributed by atoms with Crippen LogP contribution < -0.4 is 10.2 Å². The van der Waals surface area contributed by atoms with Crippen LogP contribution >= 0.6 is 11.3 Å². The van der Waals surface area contributed by atoms with Gasteiger partial charge in [-0.25, -0.2) is 4.98 Å². The zero-order chi connectivity index (χ0) is 16.8. The lowest BCUT2D eigenvalue weighted by Crippen LogP contribution is -2.53. The third kappa shape index (κ3) is 4.06. The number of hydrogen-bond acceptors (Lipinski definition) is 4. The van der Waals surface area contributed by atoms with Gasteiger partial charge in [0.1, 0.15) is 5.82 Å². The summed E-state index contributed by atoms with van der Waals surface area (Å²) in [5.41, 5.74) is 1.39. The fourth-order valence-electron chi connectivity index (χ4n) is 2.94. The van der Waals surface area contributed by atoms with Gasteiger partial charge in [-0.1, -0.05) is 13.0 Å². The summed E-state index contributed by atoms with van der Waals surface area (Å²) >= 11 is 1.75. The summed E-state index contributed by atoms with van der Waals surface area (Å²) in [4.78, 5) is 13.6. The Balaban J connectivity index is 1.50. The van der Waals surface area contributed by atoms with E-state index in [4.69, 9.17) is 0 Å². The van der Waals surface area contributed by atoms with Crippen molar-refractivity contribution in [2.75, 3.05) is 44.7 Å². The first-order chi connectivity index (χ1) is 11.8. The van der Waals surface area contributed by atoms with E-state index < -0.39 is 0 Å². The summed E-state index contributed by atoms with van der Waals surface area (Å²) in [6.45, 7) is 7.02. The molecule has 3 heterocycles. The number of guanidine groups is 1. The van der Waals surface area contributed by atoms with Gasteiger partial charge in [-0.05, 0) is 40.4 Å². The Bertz CT molecular complexity index is 633. The fraction of sp³-hybridized carbons (Fsp3) is 0.444. The molecule has 24 heavy (non-hydrogen) atoms. The molecule has 2 aromatic heterocycles. The average Bonchev–Trinajstić information content (AvgIpc) is 3.18. The Morgan fingerprint density at radius 1 is 1.29 bits per heavy atom. The van der Waals surface area contributed by atoms with Gasteiger partial charge in [0.05, 0.1) is 0 Å². The molecule has 1 N–H and O–H groups in total. The third-order valence-electron chi connectivity index (χ3n) is 4.44. The molecule has 6 heteroatoms. The molecular weight excluding hydrogens is 318 g/mol. The number of hydrogen-bond donors (Lipinski definition) is 1. The maximum Gasteiger partial charge on any atom is 0.193 e. The van der Waals surface area contributed by atoms with E-state index in [2.05, 4.69) is 54.9 Å². The molecule has 128 valence electrons. The molecule has 0 aliphatic carbocycles. The molecule has 1 aliphatic rings. The Labute approximate surface area is 148 Å². The van der Waals surface area contributed by atoms with Gasteiger partial charge in [-0.2, -0.15) is 11.3 Å². The molecule has 1 unspecified atom stereocenters. The van der Waals surface area contributed by atoms with E-state index in [0.717, 1.165) is 44.5 Å². The lowest BCUT2D eigenvalue weighted by atomic mass is 10.1. The minimum Gasteiger partial charge on any atom is -0.356 e. The Morgan fingerprint density at radius 2 is 2.12 bits per heavy atom. The highest BCUT2D eigenvalue weighted by atomic mass is 32.1. The van der Waals surface area contributed by atoms with E-state index in [1.807, 2.05) is 25.4 Å². The topological polar surface area (TPSA) is 43.8 Å². The Kier molecular flexibility index (Phi) is 5.69. The molecule has 1 saturated heterocycles. The van der Waals surface area contributed by atoms with E-state index in [1.54, 1.807) is 11.3 Å². The van der Waals surface area contributed by atoms with Crippen molar-refractivity contribution in [2.45, 2.75) is 12.8 Å². The zero-order valence-corrected chi connectivity index (χ0v) is 15.2. The largest absolute Gasteiger partial charge is 0.356 e. The van der Waals surface area contributed by atoms with E-state index in [0.29, 0.717) is 5.92 Å². The molecule has 5 nitrogen and oxygen atoms in total. The normalized spacial score (nSPS) is 17.0. The van der Waals surface area contributed by atoms with Gasteiger partial charge >= 0.3 is 0 Å². The van der Waals surface area contributed by atoms with Crippen molar-refractivity contribution in [1.82, 2.24) is 15.2 Å². The highest BCUT2D eigenvalue weighted by Gasteiger charge is 2.20. The average molecular weight is 344 g/mol. The lowest BCUT2D eigenvalue weighted by Gasteiger charge is -2.37. The molecule has 0 saturated carbocycles. The van der Waals surface area contributed by atoms with E-state index >= 15 is 0 Å². The summed E-state index contributed by atoms with van der Waals surface area (Å²) < 4.78 is 0. The van der Waals surface area contributed by atoms with Crippen LogP contribution in [0.4, 0.5) is 5.82 Å². The van der Waals surface area contributed by atoms with Crippen LogP contribution in [0.3, 0.4) is 0 Å². The predicted octanol–water partition coefficient (Wildman–Crippen LogP) is 2.64. The van der Waals surface area contributed by atoms with Crippen molar-refractivity contribution in [3.8, 4) is 0 Å². The van der Waals surface area contributed by atoms with Gasteiger partial charge in [0.15, 0.2) is 5.96 Å². The number of aliphatic imine (C=N–C) groups is 1. The quantitative estimate of drug-likeness (QED) is 0.685. The Morgan fingerprint density at radius 3 is 2.75 bits per heavy atom. The van der Waals surface area contributed by atoms with Crippen LogP contribution in [0.15, 0.2) is 46.2 Å². The van der Waals surface area contributed by atoms with Crippen molar-refractivity contribution in [3.05, 3.63) is 46.8 Å². The highest BCUT2D eigenvalue weighted by Crippen LogP contribution is 2.17. The summed E-state index contributed by atoms with van der Waals surface area (Å²) in [6, 6.07) is 8.28. The molecule has 1 aliphatic heterocycles. The van der Waals surface area contributed by atoms with Crippen LogP contribution in [-0.2, 0) is 0 Å². The minimum atomic E-state index is 0.489. The van der Waals surface area contributed by atoms with Gasteiger partial charge < -0.3 is 15.1 Å². The van der Waals surface area contributed by atoms with Crippen molar-refractivity contribution in [2.24, 2.45) is 4.99 Å². The van der Waals surface area contributed by atoms with Crippen LogP contribution in [-0.4, -0.2) is 55.6 Å². The smallest absolute Gasteiger partial charge is 0.193 e. The molecule has 0 radical (unpaired) electrons. The van der Waals surface area contributed by atoms with Crippen molar-refractivity contribution in [3.63, 3.8) is 0 Å². The maximum absolute atomic E-state index is 4.46.